The van der Waals surface area contributed by atoms with E-state index in [1.807, 2.05) is 164 Å². The summed E-state index contributed by atoms with van der Waals surface area (Å²) in [5, 5.41) is 12.8. The summed E-state index contributed by atoms with van der Waals surface area (Å²) < 4.78 is 0. The number of aryl methyl sites for hydroxylation is 12. The van der Waals surface area contributed by atoms with Gasteiger partial charge in [0.25, 0.3) is 0 Å². The Balaban J connectivity index is 0.000000486. The maximum absolute atomic E-state index is 4.34. The molecule has 444 valence electrons. The number of hydrogen-bond acceptors (Lipinski definition) is 5. The Bertz CT molecular complexity index is 3150. The van der Waals surface area contributed by atoms with Gasteiger partial charge in [-0.2, -0.15) is 0 Å². The van der Waals surface area contributed by atoms with Crippen molar-refractivity contribution in [2.24, 2.45) is 0 Å². The van der Waals surface area contributed by atoms with Crippen molar-refractivity contribution in [1.29, 1.82) is 0 Å². The van der Waals surface area contributed by atoms with Gasteiger partial charge in [0.1, 0.15) is 0 Å². The van der Waals surface area contributed by atoms with E-state index < -0.39 is 0 Å². The summed E-state index contributed by atoms with van der Waals surface area (Å²) in [7, 11) is 0. The monoisotopic (exact) mass is 1120 g/mol. The van der Waals surface area contributed by atoms with E-state index in [1.54, 1.807) is 0 Å². The molecule has 12 aromatic rings. The van der Waals surface area contributed by atoms with E-state index in [0.717, 1.165) is 16.7 Å². The van der Waals surface area contributed by atoms with Crippen LogP contribution in [0, 0.1) is 83.1 Å². The predicted molar refractivity (Wildman–Crippen MR) is 378 cm³/mol. The highest BCUT2D eigenvalue weighted by molar-refractivity contribution is 5.88. The standard InChI is InChI=1S/C12H12.5C11H11N.6C2H6/c1-9-7-8-11-5-3-4-6-12(11)10(9)2;1-8-3-4-10-7-12-6-5-11(10)9(8)2;1-8-3-4-10-5-6-12-7-11(10)9(8)2;1-8-5-6-11-10(9(8)2)4-3-7-12-11;1-8-9(2)12-7-10-5-3-4-6-11(8)10;1-8-7-12-11-6-4-3-5-10(11)9(8)2;6*1-2/h3-8H,1-2H3;5*3-7H,1-2H3;6*1-2H3. The zero-order chi connectivity index (χ0) is 63.3. The number of aromatic nitrogens is 5. The number of pyridine rings is 5. The van der Waals surface area contributed by atoms with Gasteiger partial charge in [0.15, 0.2) is 0 Å². The molecule has 5 heterocycles. The SMILES string of the molecule is CC.CC.CC.CC.CC.CC.Cc1ccc2ccccc2c1C.Cc1ccc2ccncc2c1C.Cc1ccc2cnccc2c1C.Cc1ccc2ncccc2c1C.Cc1cnc2ccccc2c1C.Cc1ncc2ccccc2c1C. The van der Waals surface area contributed by atoms with E-state index in [0.29, 0.717) is 0 Å². The predicted octanol–water partition coefficient (Wildman–Crippen LogP) is 23.9. The van der Waals surface area contributed by atoms with Crippen molar-refractivity contribution >= 4 is 64.9 Å². The van der Waals surface area contributed by atoms with Crippen LogP contribution in [0.1, 0.15) is 150 Å². The zero-order valence-corrected chi connectivity index (χ0v) is 56.1. The normalized spacial score (nSPS) is 9.43. The van der Waals surface area contributed by atoms with Crippen LogP contribution in [0.3, 0.4) is 0 Å². The average Bonchev–Trinajstić information content (AvgIpc) is 3.76. The lowest BCUT2D eigenvalue weighted by Crippen LogP contribution is -1.87. The summed E-state index contributed by atoms with van der Waals surface area (Å²) in [4.78, 5) is 21.1. The van der Waals surface area contributed by atoms with E-state index in [2.05, 4.69) is 216 Å². The van der Waals surface area contributed by atoms with Crippen molar-refractivity contribution in [3.05, 3.63) is 256 Å². The number of para-hydroxylation sites is 1. The van der Waals surface area contributed by atoms with Crippen LogP contribution < -0.4 is 0 Å². The summed E-state index contributed by atoms with van der Waals surface area (Å²) in [5.74, 6) is 0. The quantitative estimate of drug-likeness (QED) is 0.151. The van der Waals surface area contributed by atoms with Crippen molar-refractivity contribution in [1.82, 2.24) is 24.9 Å². The van der Waals surface area contributed by atoms with Gasteiger partial charge in [0.2, 0.25) is 0 Å². The number of rotatable bonds is 0. The van der Waals surface area contributed by atoms with Gasteiger partial charge in [-0.1, -0.05) is 198 Å². The molecule has 0 bridgehead atoms. The average molecular weight is 1120 g/mol. The second-order valence-electron chi connectivity index (χ2n) is 18.7. The van der Waals surface area contributed by atoms with Crippen LogP contribution in [0.25, 0.3) is 64.9 Å². The molecule has 0 N–H and O–H groups in total. The zero-order valence-electron chi connectivity index (χ0n) is 56.1. The summed E-state index contributed by atoms with van der Waals surface area (Å²) >= 11 is 0. The highest BCUT2D eigenvalue weighted by atomic mass is 14.7. The molecule has 84 heavy (non-hydrogen) atoms. The molecule has 0 aliphatic heterocycles. The summed E-state index contributed by atoms with van der Waals surface area (Å²) in [6, 6.07) is 50.4. The lowest BCUT2D eigenvalue weighted by molar-refractivity contribution is 1.18. The minimum atomic E-state index is 1.08. The lowest BCUT2D eigenvalue weighted by Gasteiger charge is -2.04. The third-order valence-corrected chi connectivity index (χ3v) is 14.1. The van der Waals surface area contributed by atoms with Crippen LogP contribution in [-0.2, 0) is 0 Å². The van der Waals surface area contributed by atoms with E-state index in [1.165, 1.54) is 115 Å². The number of benzene rings is 7. The second-order valence-corrected chi connectivity index (χ2v) is 18.7. The fraction of sp³-hybridized carbons (Fsp3) is 0.304. The van der Waals surface area contributed by atoms with Gasteiger partial charge < -0.3 is 0 Å². The topological polar surface area (TPSA) is 64.5 Å². The second kappa shape index (κ2) is 40.9. The molecule has 0 spiro atoms. The van der Waals surface area contributed by atoms with Gasteiger partial charge in [-0.25, -0.2) is 0 Å². The Hall–Kier alpha value is -8.15. The van der Waals surface area contributed by atoms with Crippen molar-refractivity contribution in [3.8, 4) is 0 Å². The Morgan fingerprint density at radius 3 is 1.15 bits per heavy atom. The lowest BCUT2D eigenvalue weighted by atomic mass is 10.0. The molecule has 5 heteroatoms. The third-order valence-electron chi connectivity index (χ3n) is 14.1. The molecule has 0 saturated heterocycles. The molecular formula is C79H103N5. The maximum atomic E-state index is 4.34. The van der Waals surface area contributed by atoms with Crippen LogP contribution in [0.2, 0.25) is 0 Å². The number of nitrogens with zero attached hydrogens (tertiary/aromatic N) is 5. The number of hydrogen-bond donors (Lipinski definition) is 0. The van der Waals surface area contributed by atoms with Crippen LogP contribution in [0.4, 0.5) is 0 Å². The van der Waals surface area contributed by atoms with Gasteiger partial charge in [-0.15, -0.1) is 0 Å². The van der Waals surface area contributed by atoms with Gasteiger partial charge in [0, 0.05) is 76.0 Å². The van der Waals surface area contributed by atoms with Crippen molar-refractivity contribution in [2.45, 2.75) is 166 Å². The van der Waals surface area contributed by atoms with Crippen LogP contribution >= 0.6 is 0 Å². The molecule has 0 atom stereocenters. The fourth-order valence-electron chi connectivity index (χ4n) is 8.58. The fourth-order valence-corrected chi connectivity index (χ4v) is 8.58. The number of fused-ring (bicyclic) bond motifs is 6. The Morgan fingerprint density at radius 2 is 0.583 bits per heavy atom. The molecule has 0 aliphatic rings. The van der Waals surface area contributed by atoms with Gasteiger partial charge in [-0.05, 0) is 202 Å². The first kappa shape index (κ1) is 73.9. The van der Waals surface area contributed by atoms with Crippen LogP contribution in [0.5, 0.6) is 0 Å². The molecule has 0 amide bonds. The van der Waals surface area contributed by atoms with Crippen molar-refractivity contribution in [3.63, 3.8) is 0 Å². The van der Waals surface area contributed by atoms with Crippen molar-refractivity contribution < 1.29 is 0 Å². The summed E-state index contributed by atoms with van der Waals surface area (Å²) in [6.07, 6.45) is 13.2. The molecule has 0 saturated carbocycles. The highest BCUT2D eigenvalue weighted by Crippen LogP contribution is 2.24. The van der Waals surface area contributed by atoms with E-state index >= 15 is 0 Å². The maximum Gasteiger partial charge on any atom is 0.0704 e. The first-order chi connectivity index (χ1) is 40.7. The van der Waals surface area contributed by atoms with E-state index in [-0.39, 0.29) is 0 Å². The molecule has 5 nitrogen and oxygen atoms in total. The molecule has 0 radical (unpaired) electrons. The minimum absolute atomic E-state index is 1.08. The van der Waals surface area contributed by atoms with E-state index in [9.17, 15) is 0 Å². The van der Waals surface area contributed by atoms with Gasteiger partial charge >= 0.3 is 0 Å². The first-order valence-corrected chi connectivity index (χ1v) is 30.7. The van der Waals surface area contributed by atoms with Crippen LogP contribution in [0.15, 0.2) is 189 Å². The van der Waals surface area contributed by atoms with E-state index in [4.69, 9.17) is 0 Å². The Kier molecular flexibility index (Phi) is 36.0. The molecule has 0 aliphatic carbocycles. The Morgan fingerprint density at radius 1 is 0.214 bits per heavy atom. The molecule has 7 aromatic carbocycles. The summed E-state index contributed by atoms with van der Waals surface area (Å²) in [6.45, 7) is 49.5. The first-order valence-electron chi connectivity index (χ1n) is 30.7. The molecule has 0 unspecified atom stereocenters. The molecule has 0 fully saturated rings. The minimum Gasteiger partial charge on any atom is -0.264 e. The molecule has 5 aromatic heterocycles. The molecular weight excluding hydrogens is 1020 g/mol. The largest absolute Gasteiger partial charge is 0.264 e. The summed E-state index contributed by atoms with van der Waals surface area (Å²) in [5.41, 5.74) is 18.0. The van der Waals surface area contributed by atoms with Crippen LogP contribution in [-0.4, -0.2) is 24.9 Å². The van der Waals surface area contributed by atoms with Gasteiger partial charge in [-0.3, -0.25) is 24.9 Å². The van der Waals surface area contributed by atoms with Crippen molar-refractivity contribution in [2.75, 3.05) is 0 Å². The smallest absolute Gasteiger partial charge is 0.0704 e. The highest BCUT2D eigenvalue weighted by Gasteiger charge is 2.03. The Labute approximate surface area is 509 Å². The van der Waals surface area contributed by atoms with Gasteiger partial charge in [0.05, 0.1) is 11.0 Å². The third kappa shape index (κ3) is 21.2. The molecule has 12 rings (SSSR count).